The van der Waals surface area contributed by atoms with Gasteiger partial charge in [0.2, 0.25) is 0 Å². The van der Waals surface area contributed by atoms with Crippen LogP contribution in [0.2, 0.25) is 0 Å². The van der Waals surface area contributed by atoms with Gasteiger partial charge in [0.25, 0.3) is 12.3 Å². The molecule has 10 heteroatoms. The molecule has 1 amide bonds. The first kappa shape index (κ1) is 17.9. The van der Waals surface area contributed by atoms with Crippen LogP contribution in [0.25, 0.3) is 0 Å². The quantitative estimate of drug-likeness (QED) is 0.861. The number of amidine groups is 1. The van der Waals surface area contributed by atoms with Gasteiger partial charge in [-0.25, -0.2) is 18.2 Å². The van der Waals surface area contributed by atoms with E-state index in [4.69, 9.17) is 14.9 Å². The molecule has 138 valence electrons. The van der Waals surface area contributed by atoms with Crippen molar-refractivity contribution in [3.63, 3.8) is 0 Å². The van der Waals surface area contributed by atoms with Gasteiger partial charge in [0.05, 0.1) is 6.61 Å². The first-order valence-electron chi connectivity index (χ1n) is 7.55. The van der Waals surface area contributed by atoms with Crippen LogP contribution < -0.4 is 11.1 Å². The number of nitrogens with two attached hydrogens (primary N) is 1. The van der Waals surface area contributed by atoms with Gasteiger partial charge >= 0.3 is 0 Å². The smallest absolute Gasteiger partial charge is 0.277 e. The largest absolute Gasteiger partial charge is 0.448 e. The molecule has 2 heterocycles. The number of aromatic nitrogens is 1. The minimum absolute atomic E-state index is 0.000197. The van der Waals surface area contributed by atoms with Gasteiger partial charge in [0.15, 0.2) is 17.1 Å². The second-order valence-electron chi connectivity index (χ2n) is 5.72. The molecule has 1 aliphatic heterocycles. The highest BCUT2D eigenvalue weighted by Crippen LogP contribution is 2.37. The molecule has 1 atom stereocenters. The van der Waals surface area contributed by atoms with Crippen molar-refractivity contribution < 1.29 is 27.1 Å². The maximum Gasteiger partial charge on any atom is 0.277 e. The van der Waals surface area contributed by atoms with Crippen LogP contribution in [-0.4, -0.2) is 36.4 Å². The van der Waals surface area contributed by atoms with E-state index in [2.05, 4.69) is 15.3 Å². The Morgan fingerprint density at radius 1 is 1.42 bits per heavy atom. The molecule has 0 fully saturated rings. The number of nitrogens with one attached hydrogen (secondary N) is 1. The molecule has 1 aromatic heterocycles. The van der Waals surface area contributed by atoms with Gasteiger partial charge in [-0.2, -0.15) is 0 Å². The van der Waals surface area contributed by atoms with Crippen molar-refractivity contribution in [1.29, 1.82) is 0 Å². The van der Waals surface area contributed by atoms with Gasteiger partial charge in [-0.1, -0.05) is 0 Å². The zero-order chi connectivity index (χ0) is 18.9. The first-order chi connectivity index (χ1) is 12.3. The van der Waals surface area contributed by atoms with Crippen molar-refractivity contribution in [2.24, 2.45) is 10.7 Å². The molecule has 2 aromatic rings. The van der Waals surface area contributed by atoms with Gasteiger partial charge in [-0.3, -0.25) is 9.79 Å². The zero-order valence-electron chi connectivity index (χ0n) is 13.6. The highest BCUT2D eigenvalue weighted by atomic mass is 19.3. The Morgan fingerprint density at radius 3 is 2.81 bits per heavy atom. The number of nitrogens with zero attached hydrogens (tertiary/aromatic N) is 2. The Labute approximate surface area is 146 Å². The molecule has 0 radical (unpaired) electrons. The number of halogens is 3. The summed E-state index contributed by atoms with van der Waals surface area (Å²) >= 11 is 0. The van der Waals surface area contributed by atoms with E-state index < -0.39 is 35.9 Å². The molecule has 0 bridgehead atoms. The molecule has 0 saturated carbocycles. The summed E-state index contributed by atoms with van der Waals surface area (Å²) in [5, 5.41) is 2.45. The molecule has 3 rings (SSSR count). The maximum atomic E-state index is 14.3. The van der Waals surface area contributed by atoms with E-state index in [0.29, 0.717) is 0 Å². The number of anilines is 1. The number of alkyl halides is 2. The number of amides is 1. The van der Waals surface area contributed by atoms with Gasteiger partial charge in [0.1, 0.15) is 24.5 Å². The summed E-state index contributed by atoms with van der Waals surface area (Å²) in [6.07, 6.45) is -1.92. The molecule has 7 nitrogen and oxygen atoms in total. The van der Waals surface area contributed by atoms with Crippen molar-refractivity contribution in [3.05, 3.63) is 47.4 Å². The Bertz CT molecular complexity index is 868. The number of carbonyl (C=O) groups is 1. The number of benzene rings is 1. The molecule has 26 heavy (non-hydrogen) atoms. The third kappa shape index (κ3) is 3.27. The van der Waals surface area contributed by atoms with Gasteiger partial charge in [-0.05, 0) is 18.2 Å². The lowest BCUT2D eigenvalue weighted by atomic mass is 9.90. The Hall–Kier alpha value is -2.88. The van der Waals surface area contributed by atoms with Crippen molar-refractivity contribution in [1.82, 2.24) is 4.98 Å². The summed E-state index contributed by atoms with van der Waals surface area (Å²) in [6, 6.07) is 3.28. The van der Waals surface area contributed by atoms with Crippen molar-refractivity contribution in [2.45, 2.75) is 18.9 Å². The summed E-state index contributed by atoms with van der Waals surface area (Å²) in [5.74, 6) is -1.42. The molecule has 3 N–H and O–H groups in total. The second-order valence-corrected chi connectivity index (χ2v) is 5.72. The molecule has 0 aliphatic carbocycles. The molecular formula is C16H15F3N4O3. The van der Waals surface area contributed by atoms with Crippen LogP contribution >= 0.6 is 0 Å². The lowest BCUT2D eigenvalue weighted by Gasteiger charge is -2.33. The fraction of sp³-hybridized carbons (Fsp3) is 0.312. The number of oxazole rings is 1. The van der Waals surface area contributed by atoms with Crippen LogP contribution in [-0.2, 0) is 10.3 Å². The van der Waals surface area contributed by atoms with Crippen LogP contribution in [0.15, 0.2) is 33.9 Å². The predicted octanol–water partition coefficient (Wildman–Crippen LogP) is 2.22. The normalized spacial score (nSPS) is 20.1. The topological polar surface area (TPSA) is 103 Å². The number of ether oxygens (including phenoxy) is 1. The average Bonchev–Trinajstić information content (AvgIpc) is 3.03. The van der Waals surface area contributed by atoms with E-state index in [1.165, 1.54) is 6.07 Å². The number of aryl methyl sites for hydroxylation is 1. The summed E-state index contributed by atoms with van der Waals surface area (Å²) in [7, 11) is 0. The molecular weight excluding hydrogens is 353 g/mol. The monoisotopic (exact) mass is 368 g/mol. The molecule has 1 aromatic carbocycles. The van der Waals surface area contributed by atoms with Gasteiger partial charge in [0, 0.05) is 18.2 Å². The minimum Gasteiger partial charge on any atom is -0.448 e. The summed E-state index contributed by atoms with van der Waals surface area (Å²) in [5.41, 5.74) is 2.90. The third-order valence-electron chi connectivity index (χ3n) is 3.82. The highest BCUT2D eigenvalue weighted by Gasteiger charge is 2.46. The summed E-state index contributed by atoms with van der Waals surface area (Å²) in [4.78, 5) is 19.7. The molecule has 1 aliphatic rings. The fourth-order valence-corrected chi connectivity index (χ4v) is 2.60. The van der Waals surface area contributed by atoms with Crippen LogP contribution in [0.1, 0.15) is 21.9 Å². The molecule has 1 unspecified atom stereocenters. The third-order valence-corrected chi connectivity index (χ3v) is 3.82. The SMILES string of the molecule is Cc1nc(C(=O)Nc2ccc(F)c(C3(C(F)F)COCC(N)=N3)c2)co1. The Morgan fingerprint density at radius 2 is 2.19 bits per heavy atom. The first-order valence-corrected chi connectivity index (χ1v) is 7.55. The number of hydrogen-bond donors (Lipinski definition) is 2. The van der Waals surface area contributed by atoms with Crippen LogP contribution in [0, 0.1) is 12.7 Å². The Kier molecular flexibility index (Phi) is 4.68. The van der Waals surface area contributed by atoms with Gasteiger partial charge < -0.3 is 20.2 Å². The van der Waals surface area contributed by atoms with Crippen molar-refractivity contribution in [2.75, 3.05) is 18.5 Å². The number of carbonyl (C=O) groups excluding carboxylic acids is 1. The molecule has 0 saturated heterocycles. The van der Waals surface area contributed by atoms with E-state index in [1.54, 1.807) is 6.92 Å². The van der Waals surface area contributed by atoms with E-state index in [9.17, 15) is 18.0 Å². The standard InChI is InChI=1S/C16H15F3N4O3/c1-8-21-12(5-26-8)14(24)22-9-2-3-11(17)10(4-9)16(15(18)19)7-25-6-13(20)23-16/h2-5,15H,6-7H2,1H3,(H2,20,23)(H,22,24). The van der Waals surface area contributed by atoms with E-state index in [-0.39, 0.29) is 29.7 Å². The van der Waals surface area contributed by atoms with Crippen LogP contribution in [0.4, 0.5) is 18.9 Å². The predicted molar refractivity (Wildman–Crippen MR) is 85.7 cm³/mol. The van der Waals surface area contributed by atoms with Crippen LogP contribution in [0.3, 0.4) is 0 Å². The van der Waals surface area contributed by atoms with Crippen molar-refractivity contribution >= 4 is 17.4 Å². The number of aliphatic imine (C=N–C) groups is 1. The van der Waals surface area contributed by atoms with E-state index >= 15 is 0 Å². The second kappa shape index (κ2) is 6.79. The highest BCUT2D eigenvalue weighted by molar-refractivity contribution is 6.02. The van der Waals surface area contributed by atoms with E-state index in [0.717, 1.165) is 18.4 Å². The average molecular weight is 368 g/mol. The summed E-state index contributed by atoms with van der Waals surface area (Å²) < 4.78 is 51.8. The number of hydrogen-bond acceptors (Lipinski definition) is 6. The fourth-order valence-electron chi connectivity index (χ4n) is 2.60. The van der Waals surface area contributed by atoms with Gasteiger partial charge in [-0.15, -0.1) is 0 Å². The number of rotatable bonds is 4. The summed E-state index contributed by atoms with van der Waals surface area (Å²) in [6.45, 7) is 0.908. The van der Waals surface area contributed by atoms with Crippen LogP contribution in [0.5, 0.6) is 0 Å². The maximum absolute atomic E-state index is 14.3. The lowest BCUT2D eigenvalue weighted by Crippen LogP contribution is -2.45. The Balaban J connectivity index is 1.97. The lowest BCUT2D eigenvalue weighted by molar-refractivity contribution is -0.0145. The minimum atomic E-state index is -3.07. The zero-order valence-corrected chi connectivity index (χ0v) is 13.6. The molecule has 0 spiro atoms. The van der Waals surface area contributed by atoms with Crippen molar-refractivity contribution in [3.8, 4) is 0 Å². The van der Waals surface area contributed by atoms with E-state index in [1.807, 2.05) is 0 Å².